The molecule has 0 amide bonds. The Labute approximate surface area is 180 Å². The fourth-order valence-electron chi connectivity index (χ4n) is 2.66. The molecule has 1 aromatic rings. The summed E-state index contributed by atoms with van der Waals surface area (Å²) in [6.45, 7) is 9.36. The molecule has 1 aliphatic heterocycles. The van der Waals surface area contributed by atoms with Crippen molar-refractivity contribution in [1.29, 1.82) is 0 Å². The fraction of sp³-hybridized carbons (Fsp3) is 0.667. The first-order valence-corrected chi connectivity index (χ1v) is 12.4. The molecule has 0 aromatic heterocycles. The highest BCUT2D eigenvalue weighted by Crippen LogP contribution is 2.32. The molecule has 2 N–H and O–H groups in total. The van der Waals surface area contributed by atoms with Crippen LogP contribution in [0.4, 0.5) is 5.69 Å². The molecule has 1 heterocycles. The van der Waals surface area contributed by atoms with Gasteiger partial charge < -0.3 is 24.8 Å². The average Bonchev–Trinajstić information content (AvgIpc) is 2.95. The fourth-order valence-corrected chi connectivity index (χ4v) is 3.36. The summed E-state index contributed by atoms with van der Waals surface area (Å²) in [5, 5.41) is 6.34. The van der Waals surface area contributed by atoms with Crippen molar-refractivity contribution in [1.82, 2.24) is 5.32 Å². The molecule has 0 saturated carbocycles. The van der Waals surface area contributed by atoms with Gasteiger partial charge in [0, 0.05) is 50.2 Å². The lowest BCUT2D eigenvalue weighted by Crippen LogP contribution is -2.35. The van der Waals surface area contributed by atoms with E-state index in [0.717, 1.165) is 30.9 Å². The Morgan fingerprint density at radius 2 is 2.00 bits per heavy atom. The number of fused-ring (bicyclic) bond motifs is 1. The van der Waals surface area contributed by atoms with Gasteiger partial charge in [-0.15, -0.1) is 0 Å². The van der Waals surface area contributed by atoms with E-state index in [1.54, 1.807) is 6.92 Å². The van der Waals surface area contributed by atoms with E-state index in [9.17, 15) is 8.42 Å². The van der Waals surface area contributed by atoms with Gasteiger partial charge in [0.2, 0.25) is 0 Å². The maximum absolute atomic E-state index is 11.8. The number of rotatable bonds is 11. The Kier molecular flexibility index (Phi) is 10.2. The second-order valence-electron chi connectivity index (χ2n) is 7.55. The van der Waals surface area contributed by atoms with Crippen molar-refractivity contribution >= 4 is 21.5 Å². The molecule has 30 heavy (non-hydrogen) atoms. The van der Waals surface area contributed by atoms with Gasteiger partial charge in [0.1, 0.15) is 0 Å². The van der Waals surface area contributed by atoms with Gasteiger partial charge in [-0.1, -0.05) is 20.8 Å². The number of guanidine groups is 1. The number of hydrogen-bond donors (Lipinski definition) is 2. The van der Waals surface area contributed by atoms with Crippen molar-refractivity contribution in [3.8, 4) is 11.5 Å². The third-order valence-electron chi connectivity index (χ3n) is 4.32. The summed E-state index contributed by atoms with van der Waals surface area (Å²) >= 11 is 0. The van der Waals surface area contributed by atoms with Crippen molar-refractivity contribution in [3.63, 3.8) is 0 Å². The van der Waals surface area contributed by atoms with Gasteiger partial charge >= 0.3 is 0 Å². The molecule has 0 unspecified atom stereocenters. The van der Waals surface area contributed by atoms with Crippen LogP contribution in [-0.2, 0) is 14.6 Å². The molecular formula is C21H35N3O5S. The Balaban J connectivity index is 1.97. The van der Waals surface area contributed by atoms with Crippen LogP contribution in [0, 0.1) is 5.92 Å². The Morgan fingerprint density at radius 3 is 2.73 bits per heavy atom. The average molecular weight is 442 g/mol. The smallest absolute Gasteiger partial charge is 0.195 e. The number of sulfone groups is 1. The summed E-state index contributed by atoms with van der Waals surface area (Å²) in [6.07, 6.45) is 1.63. The van der Waals surface area contributed by atoms with Crippen molar-refractivity contribution < 1.29 is 22.6 Å². The molecular weight excluding hydrogens is 406 g/mol. The topological polar surface area (TPSA) is 98.3 Å². The lowest BCUT2D eigenvalue weighted by molar-refractivity contribution is 0.109. The van der Waals surface area contributed by atoms with E-state index < -0.39 is 9.84 Å². The summed E-state index contributed by atoms with van der Waals surface area (Å²) in [4.78, 5) is 4.56. The normalized spacial score (nSPS) is 14.5. The standard InChI is InChI=1S/C21H35N3O5S/c1-4-30(25,26)14-10-23-21(22-9-5-11-27-16-17(2)3)24-18-7-8-19-20(15-18)29-13-6-12-28-19/h7-8,15,17H,4-6,9-14,16H2,1-3H3,(H2,22,23,24). The zero-order valence-electron chi connectivity index (χ0n) is 18.3. The highest BCUT2D eigenvalue weighted by molar-refractivity contribution is 7.91. The molecule has 9 heteroatoms. The summed E-state index contributed by atoms with van der Waals surface area (Å²) in [5.74, 6) is 2.63. The lowest BCUT2D eigenvalue weighted by Gasteiger charge is -2.15. The van der Waals surface area contributed by atoms with Crippen LogP contribution in [0.3, 0.4) is 0 Å². The number of nitrogens with one attached hydrogen (secondary N) is 2. The first-order chi connectivity index (χ1) is 14.4. The quantitative estimate of drug-likeness (QED) is 0.309. The van der Waals surface area contributed by atoms with Crippen molar-refractivity contribution in [2.45, 2.75) is 33.6 Å². The summed E-state index contributed by atoms with van der Waals surface area (Å²) in [6, 6.07) is 5.62. The zero-order valence-corrected chi connectivity index (χ0v) is 19.1. The second kappa shape index (κ2) is 12.6. The first kappa shape index (κ1) is 24.3. The minimum Gasteiger partial charge on any atom is -0.490 e. The van der Waals surface area contributed by atoms with Crippen LogP contribution in [0.2, 0.25) is 0 Å². The highest BCUT2D eigenvalue weighted by Gasteiger charge is 2.12. The molecule has 0 bridgehead atoms. The van der Waals surface area contributed by atoms with Crippen LogP contribution < -0.4 is 20.1 Å². The van der Waals surface area contributed by atoms with Crippen LogP contribution in [0.5, 0.6) is 11.5 Å². The van der Waals surface area contributed by atoms with Crippen LogP contribution >= 0.6 is 0 Å². The highest BCUT2D eigenvalue weighted by atomic mass is 32.2. The van der Waals surface area contributed by atoms with Crippen LogP contribution in [0.1, 0.15) is 33.6 Å². The molecule has 0 fully saturated rings. The largest absolute Gasteiger partial charge is 0.490 e. The van der Waals surface area contributed by atoms with Crippen molar-refractivity contribution in [3.05, 3.63) is 18.2 Å². The van der Waals surface area contributed by atoms with E-state index >= 15 is 0 Å². The van der Waals surface area contributed by atoms with E-state index in [1.807, 2.05) is 18.2 Å². The third kappa shape index (κ3) is 9.21. The van der Waals surface area contributed by atoms with Gasteiger partial charge in [0.15, 0.2) is 27.3 Å². The molecule has 0 radical (unpaired) electrons. The molecule has 2 rings (SSSR count). The predicted octanol–water partition coefficient (Wildman–Crippen LogP) is 2.70. The van der Waals surface area contributed by atoms with Gasteiger partial charge in [-0.25, -0.2) is 8.42 Å². The monoisotopic (exact) mass is 441 g/mol. The Morgan fingerprint density at radius 1 is 1.23 bits per heavy atom. The molecule has 1 aromatic carbocycles. The number of aliphatic imine (C=N–C) groups is 1. The van der Waals surface area contributed by atoms with Crippen LogP contribution in [0.25, 0.3) is 0 Å². The van der Waals surface area contributed by atoms with E-state index in [4.69, 9.17) is 14.2 Å². The molecule has 0 spiro atoms. The number of anilines is 1. The minimum absolute atomic E-state index is 0.0584. The van der Waals surface area contributed by atoms with E-state index in [-0.39, 0.29) is 18.1 Å². The second-order valence-corrected chi connectivity index (χ2v) is 10.0. The van der Waals surface area contributed by atoms with Crippen molar-refractivity contribution in [2.75, 3.05) is 56.3 Å². The zero-order chi connectivity index (χ0) is 21.8. The summed E-state index contributed by atoms with van der Waals surface area (Å²) < 4.78 is 40.5. The molecule has 0 aliphatic carbocycles. The number of benzene rings is 1. The van der Waals surface area contributed by atoms with E-state index in [0.29, 0.717) is 44.0 Å². The predicted molar refractivity (Wildman–Crippen MR) is 121 cm³/mol. The van der Waals surface area contributed by atoms with Crippen LogP contribution in [-0.4, -0.2) is 65.4 Å². The third-order valence-corrected chi connectivity index (χ3v) is 6.03. The van der Waals surface area contributed by atoms with Crippen LogP contribution in [0.15, 0.2) is 23.2 Å². The molecule has 0 atom stereocenters. The molecule has 8 nitrogen and oxygen atoms in total. The molecule has 1 aliphatic rings. The SMILES string of the molecule is CCS(=O)(=O)CCNC(=NCCCOCC(C)C)Nc1ccc2c(c1)OCCCO2. The van der Waals surface area contributed by atoms with Gasteiger partial charge in [-0.2, -0.15) is 0 Å². The van der Waals surface area contributed by atoms with Gasteiger partial charge in [-0.3, -0.25) is 4.99 Å². The van der Waals surface area contributed by atoms with Gasteiger partial charge in [-0.05, 0) is 24.5 Å². The number of nitrogens with zero attached hydrogens (tertiary/aromatic N) is 1. The van der Waals surface area contributed by atoms with Gasteiger partial charge in [0.05, 0.1) is 19.0 Å². The molecule has 0 saturated heterocycles. The maximum Gasteiger partial charge on any atom is 0.195 e. The maximum atomic E-state index is 11.8. The van der Waals surface area contributed by atoms with E-state index in [1.165, 1.54) is 0 Å². The summed E-state index contributed by atoms with van der Waals surface area (Å²) in [5.41, 5.74) is 0.792. The van der Waals surface area contributed by atoms with Gasteiger partial charge in [0.25, 0.3) is 0 Å². The minimum atomic E-state index is -3.05. The molecule has 170 valence electrons. The summed E-state index contributed by atoms with van der Waals surface area (Å²) in [7, 11) is -3.05. The Hall–Kier alpha value is -2.00. The number of ether oxygens (including phenoxy) is 3. The van der Waals surface area contributed by atoms with E-state index in [2.05, 4.69) is 29.5 Å². The van der Waals surface area contributed by atoms with Crippen molar-refractivity contribution in [2.24, 2.45) is 10.9 Å². The number of hydrogen-bond acceptors (Lipinski definition) is 6. The Bertz CT molecular complexity index is 781. The first-order valence-electron chi connectivity index (χ1n) is 10.6. The lowest BCUT2D eigenvalue weighted by atomic mass is 10.2.